The van der Waals surface area contributed by atoms with Crippen LogP contribution >= 0.6 is 11.8 Å². The molecular formula is C22H19N3O2S. The lowest BCUT2D eigenvalue weighted by Crippen LogP contribution is -2.23. The van der Waals surface area contributed by atoms with Gasteiger partial charge in [0.05, 0.1) is 11.3 Å². The summed E-state index contributed by atoms with van der Waals surface area (Å²) < 4.78 is 0. The fraction of sp³-hybridized carbons (Fsp3) is 0.0909. The summed E-state index contributed by atoms with van der Waals surface area (Å²) in [5, 5.41) is 8.98. The van der Waals surface area contributed by atoms with Crippen molar-refractivity contribution in [2.75, 3.05) is 17.7 Å². The predicted octanol–water partition coefficient (Wildman–Crippen LogP) is 4.38. The molecule has 0 saturated carbocycles. The van der Waals surface area contributed by atoms with E-state index in [1.807, 2.05) is 55.6 Å². The van der Waals surface area contributed by atoms with Crippen LogP contribution < -0.4 is 16.0 Å². The molecule has 1 heterocycles. The van der Waals surface area contributed by atoms with Gasteiger partial charge in [0, 0.05) is 34.6 Å². The van der Waals surface area contributed by atoms with E-state index >= 15 is 0 Å². The Balaban J connectivity index is 1.54. The lowest BCUT2D eigenvalue weighted by atomic mass is 10.1. The first-order valence-electron chi connectivity index (χ1n) is 8.92. The van der Waals surface area contributed by atoms with E-state index in [0.717, 1.165) is 21.0 Å². The average molecular weight is 389 g/mol. The number of amides is 2. The van der Waals surface area contributed by atoms with Gasteiger partial charge >= 0.3 is 0 Å². The highest BCUT2D eigenvalue weighted by Gasteiger charge is 2.20. The highest BCUT2D eigenvalue weighted by Crippen LogP contribution is 2.38. The Kier molecular flexibility index (Phi) is 5.04. The quantitative estimate of drug-likeness (QED) is 0.619. The van der Waals surface area contributed by atoms with E-state index in [1.165, 1.54) is 11.8 Å². The smallest absolute Gasteiger partial charge is 0.256 e. The number of para-hydroxylation sites is 1. The normalized spacial score (nSPS) is 12.2. The molecule has 0 aliphatic carbocycles. The molecule has 3 N–H and O–H groups in total. The Morgan fingerprint density at radius 3 is 2.64 bits per heavy atom. The highest BCUT2D eigenvalue weighted by atomic mass is 32.2. The molecule has 1 aliphatic heterocycles. The van der Waals surface area contributed by atoms with Gasteiger partial charge in [-0.3, -0.25) is 9.59 Å². The Hall–Kier alpha value is -3.25. The third kappa shape index (κ3) is 3.59. The monoisotopic (exact) mass is 389 g/mol. The molecule has 2 amide bonds. The summed E-state index contributed by atoms with van der Waals surface area (Å²) in [5.41, 5.74) is 3.78. The minimum atomic E-state index is -0.185. The number of carbonyl (C=O) groups excluding carboxylic acids is 2. The summed E-state index contributed by atoms with van der Waals surface area (Å²) in [6.45, 7) is 0.416. The van der Waals surface area contributed by atoms with Crippen molar-refractivity contribution >= 4 is 35.0 Å². The van der Waals surface area contributed by atoms with Crippen molar-refractivity contribution in [3.05, 3.63) is 83.4 Å². The van der Waals surface area contributed by atoms with Crippen molar-refractivity contribution in [3.8, 4) is 0 Å². The number of carbonyl (C=O) groups is 2. The van der Waals surface area contributed by atoms with E-state index in [1.54, 1.807) is 18.2 Å². The van der Waals surface area contributed by atoms with E-state index in [0.29, 0.717) is 23.4 Å². The summed E-state index contributed by atoms with van der Waals surface area (Å²) in [6, 6.07) is 20.7. The second kappa shape index (κ2) is 7.78. The van der Waals surface area contributed by atoms with Crippen LogP contribution in [0.5, 0.6) is 0 Å². The Labute approximate surface area is 167 Å². The van der Waals surface area contributed by atoms with Crippen LogP contribution in [0.15, 0.2) is 76.5 Å². The minimum Gasteiger partial charge on any atom is -0.388 e. The molecule has 6 heteroatoms. The molecule has 5 nitrogen and oxygen atoms in total. The molecule has 0 saturated heterocycles. The van der Waals surface area contributed by atoms with E-state index in [-0.39, 0.29) is 11.8 Å². The zero-order chi connectivity index (χ0) is 19.5. The lowest BCUT2D eigenvalue weighted by Gasteiger charge is -2.12. The summed E-state index contributed by atoms with van der Waals surface area (Å²) in [5.74, 6) is -0.350. The van der Waals surface area contributed by atoms with Crippen molar-refractivity contribution in [2.24, 2.45) is 0 Å². The largest absolute Gasteiger partial charge is 0.388 e. The molecule has 0 atom stereocenters. The van der Waals surface area contributed by atoms with E-state index in [4.69, 9.17) is 0 Å². The van der Waals surface area contributed by atoms with Gasteiger partial charge in [0.1, 0.15) is 0 Å². The zero-order valence-corrected chi connectivity index (χ0v) is 16.1. The van der Waals surface area contributed by atoms with Gasteiger partial charge in [-0.15, -0.1) is 0 Å². The van der Waals surface area contributed by atoms with Gasteiger partial charge in [-0.25, -0.2) is 0 Å². The van der Waals surface area contributed by atoms with Gasteiger partial charge in [0.2, 0.25) is 0 Å². The van der Waals surface area contributed by atoms with Gasteiger partial charge in [0.25, 0.3) is 11.8 Å². The maximum Gasteiger partial charge on any atom is 0.256 e. The molecule has 0 unspecified atom stereocenters. The van der Waals surface area contributed by atoms with E-state index in [2.05, 4.69) is 16.0 Å². The van der Waals surface area contributed by atoms with Gasteiger partial charge < -0.3 is 16.0 Å². The second-order valence-corrected chi connectivity index (χ2v) is 7.44. The molecule has 0 aromatic heterocycles. The molecule has 0 radical (unpaired) electrons. The fourth-order valence-corrected chi connectivity index (χ4v) is 4.12. The molecule has 140 valence electrons. The zero-order valence-electron chi connectivity index (χ0n) is 15.3. The first kappa shape index (κ1) is 18.1. The van der Waals surface area contributed by atoms with E-state index < -0.39 is 0 Å². The molecule has 0 bridgehead atoms. The third-order valence-corrected chi connectivity index (χ3v) is 5.72. The van der Waals surface area contributed by atoms with Crippen molar-refractivity contribution < 1.29 is 9.59 Å². The Morgan fingerprint density at radius 1 is 1.00 bits per heavy atom. The van der Waals surface area contributed by atoms with Crippen LogP contribution in [0.2, 0.25) is 0 Å². The summed E-state index contributed by atoms with van der Waals surface area (Å²) in [7, 11) is 1.85. The van der Waals surface area contributed by atoms with Gasteiger partial charge in [-0.05, 0) is 42.0 Å². The fourth-order valence-electron chi connectivity index (χ4n) is 3.11. The van der Waals surface area contributed by atoms with Crippen LogP contribution in [0.25, 0.3) is 0 Å². The first-order valence-corrected chi connectivity index (χ1v) is 9.73. The number of fused-ring (bicyclic) bond motifs is 2. The highest BCUT2D eigenvalue weighted by molar-refractivity contribution is 7.99. The molecular weight excluding hydrogens is 370 g/mol. The number of anilines is 2. The summed E-state index contributed by atoms with van der Waals surface area (Å²) in [6.07, 6.45) is 0. The van der Waals surface area contributed by atoms with Crippen molar-refractivity contribution in [3.63, 3.8) is 0 Å². The average Bonchev–Trinajstić information content (AvgIpc) is 2.87. The number of hydrogen-bond acceptors (Lipinski definition) is 4. The van der Waals surface area contributed by atoms with Gasteiger partial charge in [-0.1, -0.05) is 42.1 Å². The summed E-state index contributed by atoms with van der Waals surface area (Å²) >= 11 is 1.52. The number of nitrogens with one attached hydrogen (secondary N) is 3. The predicted molar refractivity (Wildman–Crippen MR) is 112 cm³/mol. The number of hydrogen-bond donors (Lipinski definition) is 3. The first-order chi connectivity index (χ1) is 13.7. The maximum atomic E-state index is 12.6. The van der Waals surface area contributed by atoms with Crippen LogP contribution in [0.3, 0.4) is 0 Å². The van der Waals surface area contributed by atoms with Gasteiger partial charge in [0.15, 0.2) is 0 Å². The minimum absolute atomic E-state index is 0.164. The molecule has 28 heavy (non-hydrogen) atoms. The molecule has 3 aromatic carbocycles. The van der Waals surface area contributed by atoms with Crippen LogP contribution in [-0.2, 0) is 6.54 Å². The molecule has 3 aromatic rings. The van der Waals surface area contributed by atoms with Crippen molar-refractivity contribution in [2.45, 2.75) is 16.3 Å². The van der Waals surface area contributed by atoms with Crippen molar-refractivity contribution in [1.82, 2.24) is 5.32 Å². The molecule has 4 rings (SSSR count). The second-order valence-electron chi connectivity index (χ2n) is 6.35. The number of benzene rings is 3. The molecule has 0 fully saturated rings. The van der Waals surface area contributed by atoms with Crippen LogP contribution in [0, 0.1) is 0 Å². The molecule has 1 aliphatic rings. The SMILES string of the molecule is CNc1ccccc1CNC(=O)c1ccc2c(c1)NC(=O)c1ccccc1S2. The van der Waals surface area contributed by atoms with E-state index in [9.17, 15) is 9.59 Å². The summed E-state index contributed by atoms with van der Waals surface area (Å²) in [4.78, 5) is 27.0. The lowest BCUT2D eigenvalue weighted by molar-refractivity contribution is 0.0949. The topological polar surface area (TPSA) is 70.2 Å². The standard InChI is InChI=1S/C22H19N3O2S/c1-23-17-8-4-2-6-15(17)13-24-21(26)14-10-11-20-18(12-14)25-22(27)16-7-3-5-9-19(16)28-20/h2-12,23H,13H2,1H3,(H,24,26)(H,25,27). The van der Waals surface area contributed by atoms with Crippen LogP contribution in [-0.4, -0.2) is 18.9 Å². The Morgan fingerprint density at radius 2 is 1.79 bits per heavy atom. The molecule has 0 spiro atoms. The number of rotatable bonds is 4. The van der Waals surface area contributed by atoms with Crippen molar-refractivity contribution in [1.29, 1.82) is 0 Å². The Bertz CT molecular complexity index is 1070. The van der Waals surface area contributed by atoms with Crippen LogP contribution in [0.1, 0.15) is 26.3 Å². The maximum absolute atomic E-state index is 12.6. The van der Waals surface area contributed by atoms with Gasteiger partial charge in [-0.2, -0.15) is 0 Å². The van der Waals surface area contributed by atoms with Crippen LogP contribution in [0.4, 0.5) is 11.4 Å². The third-order valence-electron chi connectivity index (χ3n) is 4.57.